The van der Waals surface area contributed by atoms with Crippen LogP contribution in [0.15, 0.2) is 18.3 Å². The molecule has 1 aromatic heterocycles. The van der Waals surface area contributed by atoms with Gasteiger partial charge in [0.1, 0.15) is 5.69 Å². The quantitative estimate of drug-likeness (QED) is 0.811. The number of carbonyl (C=O) groups excluding carboxylic acids is 1. The molecule has 1 aliphatic heterocycles. The zero-order valence-electron chi connectivity index (χ0n) is 9.89. The number of hydrogen-bond acceptors (Lipinski definition) is 3. The zero-order chi connectivity index (χ0) is 12.4. The van der Waals surface area contributed by atoms with Gasteiger partial charge in [0.05, 0.1) is 12.1 Å². The molecular weight excluding hydrogens is 240 g/mol. The van der Waals surface area contributed by atoms with E-state index in [2.05, 4.69) is 4.98 Å². The summed E-state index contributed by atoms with van der Waals surface area (Å²) in [5.41, 5.74) is 0.374. The van der Waals surface area contributed by atoms with Gasteiger partial charge < -0.3 is 9.64 Å². The van der Waals surface area contributed by atoms with E-state index in [-0.39, 0.29) is 18.1 Å². The first-order chi connectivity index (χ1) is 8.09. The molecule has 92 valence electrons. The number of amides is 1. The molecule has 0 aromatic carbocycles. The molecule has 2 heterocycles. The fraction of sp³-hybridized carbons (Fsp3) is 0.500. The van der Waals surface area contributed by atoms with Gasteiger partial charge in [-0.2, -0.15) is 0 Å². The maximum atomic E-state index is 12.2. The molecule has 0 bridgehead atoms. The molecule has 0 radical (unpaired) electrons. The highest BCUT2D eigenvalue weighted by molar-refractivity contribution is 6.30. The van der Waals surface area contributed by atoms with Crippen molar-refractivity contribution >= 4 is 17.5 Å². The Bertz CT molecular complexity index is 425. The molecule has 5 heteroatoms. The Kier molecular flexibility index (Phi) is 3.64. The molecule has 2 atom stereocenters. The molecule has 0 aliphatic carbocycles. The topological polar surface area (TPSA) is 42.4 Å². The third kappa shape index (κ3) is 2.58. The largest absolute Gasteiger partial charge is 0.376 e. The standard InChI is InChI=1S/C12H15ClN2O2/c1-8-11(4-6-17-8)15(2)12(16)10-7-9(13)3-5-14-10/h3,5,7-8,11H,4,6H2,1-2H3. The van der Waals surface area contributed by atoms with Crippen molar-refractivity contribution in [2.75, 3.05) is 13.7 Å². The summed E-state index contributed by atoms with van der Waals surface area (Å²) in [6.07, 6.45) is 2.48. The summed E-state index contributed by atoms with van der Waals surface area (Å²) in [6, 6.07) is 3.35. The van der Waals surface area contributed by atoms with E-state index in [9.17, 15) is 4.79 Å². The van der Waals surface area contributed by atoms with Gasteiger partial charge in [0, 0.05) is 24.9 Å². The van der Waals surface area contributed by atoms with Gasteiger partial charge >= 0.3 is 0 Å². The van der Waals surface area contributed by atoms with Crippen molar-refractivity contribution in [1.82, 2.24) is 9.88 Å². The van der Waals surface area contributed by atoms with Crippen molar-refractivity contribution < 1.29 is 9.53 Å². The fourth-order valence-electron chi connectivity index (χ4n) is 2.08. The first kappa shape index (κ1) is 12.3. The van der Waals surface area contributed by atoms with Crippen LogP contribution in [-0.2, 0) is 4.74 Å². The van der Waals surface area contributed by atoms with Crippen LogP contribution in [0.5, 0.6) is 0 Å². The van der Waals surface area contributed by atoms with E-state index in [1.54, 1.807) is 24.1 Å². The second-order valence-corrected chi connectivity index (χ2v) is 4.64. The van der Waals surface area contributed by atoms with Crippen molar-refractivity contribution in [3.63, 3.8) is 0 Å². The third-order valence-corrected chi connectivity index (χ3v) is 3.33. The van der Waals surface area contributed by atoms with Crippen LogP contribution in [0, 0.1) is 0 Å². The number of nitrogens with zero attached hydrogens (tertiary/aromatic N) is 2. The molecule has 0 spiro atoms. The van der Waals surface area contributed by atoms with E-state index in [0.29, 0.717) is 17.3 Å². The predicted molar refractivity (Wildman–Crippen MR) is 65.2 cm³/mol. The summed E-state index contributed by atoms with van der Waals surface area (Å²) < 4.78 is 5.46. The molecule has 4 nitrogen and oxygen atoms in total. The van der Waals surface area contributed by atoms with Crippen LogP contribution >= 0.6 is 11.6 Å². The Labute approximate surface area is 106 Å². The van der Waals surface area contributed by atoms with E-state index < -0.39 is 0 Å². The highest BCUT2D eigenvalue weighted by Gasteiger charge is 2.31. The lowest BCUT2D eigenvalue weighted by molar-refractivity contribution is 0.0570. The molecule has 2 rings (SSSR count). The van der Waals surface area contributed by atoms with Gasteiger partial charge in [-0.3, -0.25) is 9.78 Å². The van der Waals surface area contributed by atoms with Gasteiger partial charge in [-0.05, 0) is 25.5 Å². The molecule has 1 saturated heterocycles. The zero-order valence-corrected chi connectivity index (χ0v) is 10.6. The van der Waals surface area contributed by atoms with Gasteiger partial charge in [-0.1, -0.05) is 11.6 Å². The molecule has 1 fully saturated rings. The number of aromatic nitrogens is 1. The maximum Gasteiger partial charge on any atom is 0.272 e. The van der Waals surface area contributed by atoms with Crippen molar-refractivity contribution in [3.8, 4) is 0 Å². The SMILES string of the molecule is CC1OCCC1N(C)C(=O)c1cc(Cl)ccn1. The van der Waals surface area contributed by atoms with E-state index in [1.807, 2.05) is 6.92 Å². The normalized spacial score (nSPS) is 23.7. The average Bonchev–Trinajstić information content (AvgIpc) is 2.73. The molecule has 1 aliphatic rings. The minimum atomic E-state index is -0.116. The summed E-state index contributed by atoms with van der Waals surface area (Å²) in [6.45, 7) is 2.68. The first-order valence-electron chi connectivity index (χ1n) is 5.60. The van der Waals surface area contributed by atoms with E-state index in [0.717, 1.165) is 6.42 Å². The summed E-state index contributed by atoms with van der Waals surface area (Å²) in [7, 11) is 1.78. The average molecular weight is 255 g/mol. The number of carbonyl (C=O) groups is 1. The van der Waals surface area contributed by atoms with Crippen LogP contribution in [0.25, 0.3) is 0 Å². The lowest BCUT2D eigenvalue weighted by atomic mass is 10.1. The number of pyridine rings is 1. The van der Waals surface area contributed by atoms with E-state index >= 15 is 0 Å². The monoisotopic (exact) mass is 254 g/mol. The van der Waals surface area contributed by atoms with Crippen LogP contribution < -0.4 is 0 Å². The fourth-order valence-corrected chi connectivity index (χ4v) is 2.24. The van der Waals surface area contributed by atoms with Crippen molar-refractivity contribution in [2.24, 2.45) is 0 Å². The lowest BCUT2D eigenvalue weighted by Gasteiger charge is -2.26. The van der Waals surface area contributed by atoms with Crippen molar-refractivity contribution in [3.05, 3.63) is 29.0 Å². The van der Waals surface area contributed by atoms with Gasteiger partial charge in [0.25, 0.3) is 5.91 Å². The minimum Gasteiger partial charge on any atom is -0.376 e. The molecule has 0 N–H and O–H groups in total. The second-order valence-electron chi connectivity index (χ2n) is 4.21. The number of likely N-dealkylation sites (N-methyl/N-ethyl adjacent to an activating group) is 1. The smallest absolute Gasteiger partial charge is 0.272 e. The molecule has 1 amide bonds. The van der Waals surface area contributed by atoms with Gasteiger partial charge in [-0.25, -0.2) is 0 Å². The molecule has 1 aromatic rings. The number of halogens is 1. The summed E-state index contributed by atoms with van der Waals surface area (Å²) in [4.78, 5) is 17.9. The number of hydrogen-bond donors (Lipinski definition) is 0. The Morgan fingerprint density at radius 1 is 1.65 bits per heavy atom. The summed E-state index contributed by atoms with van der Waals surface area (Å²) in [5, 5.41) is 0.521. The molecule has 17 heavy (non-hydrogen) atoms. The number of rotatable bonds is 2. The number of ether oxygens (including phenoxy) is 1. The van der Waals surface area contributed by atoms with Crippen LogP contribution in [0.1, 0.15) is 23.8 Å². The maximum absolute atomic E-state index is 12.2. The van der Waals surface area contributed by atoms with Crippen LogP contribution in [0.3, 0.4) is 0 Å². The van der Waals surface area contributed by atoms with Crippen LogP contribution in [-0.4, -0.2) is 41.6 Å². The van der Waals surface area contributed by atoms with Crippen molar-refractivity contribution in [1.29, 1.82) is 0 Å². The lowest BCUT2D eigenvalue weighted by Crippen LogP contribution is -2.41. The van der Waals surface area contributed by atoms with Crippen LogP contribution in [0.4, 0.5) is 0 Å². The van der Waals surface area contributed by atoms with Crippen molar-refractivity contribution in [2.45, 2.75) is 25.5 Å². The first-order valence-corrected chi connectivity index (χ1v) is 5.97. The Morgan fingerprint density at radius 3 is 3.00 bits per heavy atom. The van der Waals surface area contributed by atoms with Crippen LogP contribution in [0.2, 0.25) is 5.02 Å². The second kappa shape index (κ2) is 5.02. The highest BCUT2D eigenvalue weighted by Crippen LogP contribution is 2.20. The minimum absolute atomic E-state index is 0.0723. The molecule has 0 saturated carbocycles. The van der Waals surface area contributed by atoms with Gasteiger partial charge in [-0.15, -0.1) is 0 Å². The van der Waals surface area contributed by atoms with E-state index in [4.69, 9.17) is 16.3 Å². The Morgan fingerprint density at radius 2 is 2.41 bits per heavy atom. The Hall–Kier alpha value is -1.13. The van der Waals surface area contributed by atoms with Gasteiger partial charge in [0.15, 0.2) is 0 Å². The third-order valence-electron chi connectivity index (χ3n) is 3.10. The Balaban J connectivity index is 2.14. The molecule has 2 unspecified atom stereocenters. The predicted octanol–water partition coefficient (Wildman–Crippen LogP) is 1.98. The summed E-state index contributed by atoms with van der Waals surface area (Å²) in [5.74, 6) is -0.116. The van der Waals surface area contributed by atoms with Gasteiger partial charge in [0.2, 0.25) is 0 Å². The molecular formula is C12H15ClN2O2. The summed E-state index contributed by atoms with van der Waals surface area (Å²) >= 11 is 5.85. The van der Waals surface area contributed by atoms with E-state index in [1.165, 1.54) is 6.20 Å². The highest BCUT2D eigenvalue weighted by atomic mass is 35.5.